The molecule has 0 unspecified atom stereocenters. The van der Waals surface area contributed by atoms with E-state index in [0.717, 1.165) is 23.5 Å². The maximum atomic E-state index is 11.8. The van der Waals surface area contributed by atoms with Crippen molar-refractivity contribution in [1.29, 1.82) is 0 Å². The van der Waals surface area contributed by atoms with Crippen molar-refractivity contribution in [3.63, 3.8) is 0 Å². The maximum Gasteiger partial charge on any atom is 0.339 e. The standard InChI is InChI=1S/C11H13N3O.C7H6O4/c1-8-10(12)11(15)14(13(8)2)9-6-4-3-5-7-9;8-4-1-2-6(9)5(3-4)7(10)11/h3-7H,12H2,1-2H3;1-3,8-9H,(H,10,11). The molecule has 0 aliphatic rings. The molecule has 1 heterocycles. The molecule has 0 spiro atoms. The molecule has 2 aromatic carbocycles. The highest BCUT2D eigenvalue weighted by Crippen LogP contribution is 2.21. The molecule has 8 nitrogen and oxygen atoms in total. The highest BCUT2D eigenvalue weighted by atomic mass is 16.4. The molecule has 0 atom stereocenters. The molecule has 0 radical (unpaired) electrons. The Morgan fingerprint density at radius 3 is 2.15 bits per heavy atom. The van der Waals surface area contributed by atoms with Crippen molar-refractivity contribution in [3.05, 3.63) is 70.1 Å². The van der Waals surface area contributed by atoms with Crippen LogP contribution in [-0.4, -0.2) is 30.7 Å². The number of phenolic OH excluding ortho intramolecular Hbond substituents is 1. The number of carboxylic acids is 1. The number of aromatic nitrogens is 2. The van der Waals surface area contributed by atoms with Crippen LogP contribution in [0.2, 0.25) is 0 Å². The van der Waals surface area contributed by atoms with E-state index in [2.05, 4.69) is 0 Å². The zero-order chi connectivity index (χ0) is 19.4. The number of phenols is 2. The number of hydrogen-bond donors (Lipinski definition) is 4. The number of hydrogen-bond acceptors (Lipinski definition) is 5. The first-order valence-electron chi connectivity index (χ1n) is 7.58. The van der Waals surface area contributed by atoms with E-state index in [1.807, 2.05) is 44.3 Å². The van der Waals surface area contributed by atoms with E-state index >= 15 is 0 Å². The van der Waals surface area contributed by atoms with Gasteiger partial charge in [0.2, 0.25) is 0 Å². The van der Waals surface area contributed by atoms with Gasteiger partial charge < -0.3 is 21.1 Å². The van der Waals surface area contributed by atoms with E-state index in [0.29, 0.717) is 5.69 Å². The normalized spacial score (nSPS) is 10.1. The van der Waals surface area contributed by atoms with Crippen LogP contribution < -0.4 is 11.3 Å². The van der Waals surface area contributed by atoms with Crippen LogP contribution in [0, 0.1) is 6.92 Å². The lowest BCUT2D eigenvalue weighted by molar-refractivity contribution is 0.0693. The Hall–Kier alpha value is -3.68. The third-order valence-corrected chi connectivity index (χ3v) is 3.81. The Kier molecular flexibility index (Phi) is 5.36. The number of aromatic hydroxyl groups is 2. The molecule has 0 aliphatic carbocycles. The summed E-state index contributed by atoms with van der Waals surface area (Å²) >= 11 is 0. The number of rotatable bonds is 2. The van der Waals surface area contributed by atoms with Gasteiger partial charge >= 0.3 is 5.97 Å². The van der Waals surface area contributed by atoms with Gasteiger partial charge in [0.1, 0.15) is 22.7 Å². The minimum absolute atomic E-state index is 0.166. The average molecular weight is 357 g/mol. The fraction of sp³-hybridized carbons (Fsp3) is 0.111. The van der Waals surface area contributed by atoms with Crippen LogP contribution in [0.1, 0.15) is 16.1 Å². The molecule has 0 fully saturated rings. The summed E-state index contributed by atoms with van der Waals surface area (Å²) < 4.78 is 3.32. The molecule has 3 rings (SSSR count). The van der Waals surface area contributed by atoms with Crippen molar-refractivity contribution in [2.75, 3.05) is 5.73 Å². The van der Waals surface area contributed by atoms with Gasteiger partial charge in [0.25, 0.3) is 5.56 Å². The van der Waals surface area contributed by atoms with Gasteiger partial charge in [0.05, 0.1) is 11.4 Å². The monoisotopic (exact) mass is 357 g/mol. The second-order valence-corrected chi connectivity index (χ2v) is 5.48. The predicted octanol–water partition coefficient (Wildman–Crippen LogP) is 1.86. The molecule has 0 aliphatic heterocycles. The number of nitrogens with zero attached hydrogens (tertiary/aromatic N) is 2. The zero-order valence-electron chi connectivity index (χ0n) is 14.2. The average Bonchev–Trinajstić information content (AvgIpc) is 2.81. The van der Waals surface area contributed by atoms with Crippen molar-refractivity contribution in [3.8, 4) is 17.2 Å². The Morgan fingerprint density at radius 1 is 1.08 bits per heavy atom. The first-order chi connectivity index (χ1) is 12.2. The quantitative estimate of drug-likeness (QED) is 0.518. The Morgan fingerprint density at radius 2 is 1.69 bits per heavy atom. The van der Waals surface area contributed by atoms with E-state index in [1.54, 1.807) is 9.36 Å². The van der Waals surface area contributed by atoms with Gasteiger partial charge in [0, 0.05) is 7.05 Å². The SMILES string of the molecule is Cc1c(N)c(=O)n(-c2ccccc2)n1C.O=C(O)c1cc(O)ccc1O. The van der Waals surface area contributed by atoms with Crippen LogP contribution in [0.5, 0.6) is 11.5 Å². The summed E-state index contributed by atoms with van der Waals surface area (Å²) in [6.07, 6.45) is 0. The Balaban J connectivity index is 0.000000197. The summed E-state index contributed by atoms with van der Waals surface area (Å²) in [6, 6.07) is 12.8. The van der Waals surface area contributed by atoms with Gasteiger partial charge in [-0.1, -0.05) is 18.2 Å². The predicted molar refractivity (Wildman–Crippen MR) is 96.9 cm³/mol. The fourth-order valence-corrected chi connectivity index (χ4v) is 2.28. The second kappa shape index (κ2) is 7.47. The van der Waals surface area contributed by atoms with E-state index in [9.17, 15) is 9.59 Å². The highest BCUT2D eigenvalue weighted by Gasteiger charge is 2.12. The molecule has 0 saturated heterocycles. The van der Waals surface area contributed by atoms with Crippen molar-refractivity contribution >= 4 is 11.7 Å². The largest absolute Gasteiger partial charge is 0.508 e. The number of aromatic carboxylic acids is 1. The molecule has 0 saturated carbocycles. The summed E-state index contributed by atoms with van der Waals surface area (Å²) in [6.45, 7) is 1.83. The van der Waals surface area contributed by atoms with Gasteiger partial charge in [-0.2, -0.15) is 0 Å². The van der Waals surface area contributed by atoms with Crippen LogP contribution in [0.4, 0.5) is 5.69 Å². The van der Waals surface area contributed by atoms with Gasteiger partial charge in [-0.25, -0.2) is 9.48 Å². The topological polar surface area (TPSA) is 131 Å². The van der Waals surface area contributed by atoms with Crippen molar-refractivity contribution in [2.24, 2.45) is 7.05 Å². The van der Waals surface area contributed by atoms with E-state index < -0.39 is 5.97 Å². The summed E-state index contributed by atoms with van der Waals surface area (Å²) in [5, 5.41) is 26.1. The van der Waals surface area contributed by atoms with Gasteiger partial charge in [0.15, 0.2) is 0 Å². The third kappa shape index (κ3) is 3.69. The minimum Gasteiger partial charge on any atom is -0.508 e. The fourth-order valence-electron chi connectivity index (χ4n) is 2.28. The maximum absolute atomic E-state index is 11.8. The first kappa shape index (κ1) is 18.7. The summed E-state index contributed by atoms with van der Waals surface area (Å²) in [4.78, 5) is 22.1. The lowest BCUT2D eigenvalue weighted by atomic mass is 10.2. The number of carboxylic acid groups (broad SMARTS) is 1. The number of nitrogen functional groups attached to an aromatic ring is 1. The van der Waals surface area contributed by atoms with Crippen molar-refractivity contribution in [1.82, 2.24) is 9.36 Å². The molecule has 26 heavy (non-hydrogen) atoms. The van der Waals surface area contributed by atoms with Gasteiger partial charge in [-0.15, -0.1) is 0 Å². The van der Waals surface area contributed by atoms with Gasteiger partial charge in [-0.3, -0.25) is 9.48 Å². The smallest absolute Gasteiger partial charge is 0.339 e. The van der Waals surface area contributed by atoms with Crippen LogP contribution >= 0.6 is 0 Å². The van der Waals surface area contributed by atoms with E-state index in [4.69, 9.17) is 21.1 Å². The van der Waals surface area contributed by atoms with Crippen LogP contribution in [-0.2, 0) is 7.05 Å². The third-order valence-electron chi connectivity index (χ3n) is 3.81. The van der Waals surface area contributed by atoms with Crippen LogP contribution in [0.15, 0.2) is 53.3 Å². The molecule has 0 amide bonds. The summed E-state index contributed by atoms with van der Waals surface area (Å²) in [5.41, 5.74) is 7.13. The van der Waals surface area contributed by atoms with E-state index in [1.165, 1.54) is 6.07 Å². The number of nitrogens with two attached hydrogens (primary N) is 1. The van der Waals surface area contributed by atoms with Crippen molar-refractivity contribution < 1.29 is 20.1 Å². The van der Waals surface area contributed by atoms with Crippen LogP contribution in [0.3, 0.4) is 0 Å². The second-order valence-electron chi connectivity index (χ2n) is 5.48. The van der Waals surface area contributed by atoms with Crippen molar-refractivity contribution in [2.45, 2.75) is 6.92 Å². The number of benzene rings is 2. The summed E-state index contributed by atoms with van der Waals surface area (Å²) in [5.74, 6) is -1.80. The number of para-hydroxylation sites is 1. The molecule has 1 aromatic heterocycles. The molecule has 136 valence electrons. The molecule has 5 N–H and O–H groups in total. The van der Waals surface area contributed by atoms with Crippen LogP contribution in [0.25, 0.3) is 5.69 Å². The Bertz CT molecular complexity index is 990. The molecular formula is C18H19N3O5. The lowest BCUT2D eigenvalue weighted by Crippen LogP contribution is -2.20. The minimum atomic E-state index is -1.27. The number of carbonyl (C=O) groups is 1. The first-order valence-corrected chi connectivity index (χ1v) is 7.58. The number of anilines is 1. The molecule has 3 aromatic rings. The highest BCUT2D eigenvalue weighted by molar-refractivity contribution is 5.91. The zero-order valence-corrected chi connectivity index (χ0v) is 14.2. The lowest BCUT2D eigenvalue weighted by Gasteiger charge is -2.07. The molecule has 0 bridgehead atoms. The molecule has 8 heteroatoms. The van der Waals surface area contributed by atoms with Gasteiger partial charge in [-0.05, 0) is 37.3 Å². The molecular weight excluding hydrogens is 338 g/mol. The summed E-state index contributed by atoms with van der Waals surface area (Å²) in [7, 11) is 1.82. The van der Waals surface area contributed by atoms with E-state index in [-0.39, 0.29) is 22.6 Å². The Labute approximate surface area is 149 Å².